The molecule has 0 radical (unpaired) electrons. The van der Waals surface area contributed by atoms with Crippen LogP contribution in [0.4, 0.5) is 0 Å². The second-order valence-corrected chi connectivity index (χ2v) is 5.86. The minimum atomic E-state index is -0.672. The van der Waals surface area contributed by atoms with Crippen LogP contribution in [-0.4, -0.2) is 14.9 Å². The largest absolute Gasteiger partial charge is 0.450 e. The fourth-order valence-electron chi connectivity index (χ4n) is 1.95. The number of aliphatic hydroxyl groups is 1. The van der Waals surface area contributed by atoms with Crippen LogP contribution < -0.4 is 0 Å². The second kappa shape index (κ2) is 6.24. The van der Waals surface area contributed by atoms with Crippen molar-refractivity contribution in [1.29, 1.82) is 0 Å². The predicted octanol–water partition coefficient (Wildman–Crippen LogP) is 3.86. The SMILES string of the molecule is CCc1cc(CC(O)c2cc(Br)c(Br)o2)n(CC)n1. The van der Waals surface area contributed by atoms with Crippen molar-refractivity contribution in [3.05, 3.63) is 38.4 Å². The highest BCUT2D eigenvalue weighted by molar-refractivity contribution is 9.13. The van der Waals surface area contributed by atoms with Gasteiger partial charge in [0.05, 0.1) is 10.2 Å². The molecule has 19 heavy (non-hydrogen) atoms. The maximum Gasteiger partial charge on any atom is 0.183 e. The molecule has 104 valence electrons. The van der Waals surface area contributed by atoms with Crippen molar-refractivity contribution in [1.82, 2.24) is 9.78 Å². The average Bonchev–Trinajstić information content (AvgIpc) is 2.93. The molecule has 0 bridgehead atoms. The van der Waals surface area contributed by atoms with Gasteiger partial charge in [-0.15, -0.1) is 0 Å². The van der Waals surface area contributed by atoms with E-state index in [1.54, 1.807) is 6.07 Å². The van der Waals surface area contributed by atoms with Crippen molar-refractivity contribution in [2.75, 3.05) is 0 Å². The van der Waals surface area contributed by atoms with Gasteiger partial charge in [-0.25, -0.2) is 0 Å². The number of halogens is 2. The zero-order valence-corrected chi connectivity index (χ0v) is 14.0. The maximum atomic E-state index is 10.2. The van der Waals surface area contributed by atoms with Crippen molar-refractivity contribution < 1.29 is 9.52 Å². The summed E-state index contributed by atoms with van der Waals surface area (Å²) in [6.07, 6.45) is 0.718. The van der Waals surface area contributed by atoms with Gasteiger partial charge in [-0.2, -0.15) is 5.10 Å². The molecular formula is C13H16Br2N2O2. The van der Waals surface area contributed by atoms with Gasteiger partial charge in [0.1, 0.15) is 11.9 Å². The van der Waals surface area contributed by atoms with Crippen LogP contribution in [-0.2, 0) is 19.4 Å². The molecule has 0 aliphatic heterocycles. The summed E-state index contributed by atoms with van der Waals surface area (Å²) in [5, 5.41) is 14.7. The highest BCUT2D eigenvalue weighted by atomic mass is 79.9. The van der Waals surface area contributed by atoms with E-state index in [2.05, 4.69) is 43.9 Å². The Morgan fingerprint density at radius 1 is 1.37 bits per heavy atom. The second-order valence-electron chi connectivity index (χ2n) is 4.29. The zero-order chi connectivity index (χ0) is 14.0. The van der Waals surface area contributed by atoms with Gasteiger partial charge < -0.3 is 9.52 Å². The van der Waals surface area contributed by atoms with Crippen molar-refractivity contribution in [2.24, 2.45) is 0 Å². The standard InChI is InChI=1S/C13H16Br2N2O2/c1-3-8-5-9(17(4-2)16-8)6-11(18)12-7-10(14)13(15)19-12/h5,7,11,18H,3-4,6H2,1-2H3. The van der Waals surface area contributed by atoms with Crippen molar-refractivity contribution in [3.8, 4) is 0 Å². The number of nitrogens with zero attached hydrogens (tertiary/aromatic N) is 2. The van der Waals surface area contributed by atoms with Crippen molar-refractivity contribution in [3.63, 3.8) is 0 Å². The lowest BCUT2D eigenvalue weighted by atomic mass is 10.1. The number of aliphatic hydroxyl groups excluding tert-OH is 1. The van der Waals surface area contributed by atoms with Crippen LogP contribution in [0.25, 0.3) is 0 Å². The number of rotatable bonds is 5. The lowest BCUT2D eigenvalue weighted by molar-refractivity contribution is 0.146. The molecule has 2 aromatic heterocycles. The van der Waals surface area contributed by atoms with Crippen LogP contribution >= 0.6 is 31.9 Å². The highest BCUT2D eigenvalue weighted by Gasteiger charge is 2.18. The van der Waals surface area contributed by atoms with E-state index in [9.17, 15) is 5.11 Å². The zero-order valence-electron chi connectivity index (χ0n) is 10.9. The minimum absolute atomic E-state index is 0.493. The van der Waals surface area contributed by atoms with E-state index in [-0.39, 0.29) is 0 Å². The summed E-state index contributed by atoms with van der Waals surface area (Å²) < 4.78 is 8.77. The third-order valence-electron chi connectivity index (χ3n) is 2.97. The Balaban J connectivity index is 2.18. The first-order valence-corrected chi connectivity index (χ1v) is 7.82. The molecule has 0 aliphatic rings. The first-order chi connectivity index (χ1) is 9.05. The fraction of sp³-hybridized carbons (Fsp3) is 0.462. The van der Waals surface area contributed by atoms with E-state index < -0.39 is 6.10 Å². The molecule has 1 unspecified atom stereocenters. The Bertz CT molecular complexity index is 543. The summed E-state index contributed by atoms with van der Waals surface area (Å²) >= 11 is 6.61. The Kier molecular flexibility index (Phi) is 4.86. The van der Waals surface area contributed by atoms with E-state index in [0.717, 1.165) is 28.8 Å². The van der Waals surface area contributed by atoms with Crippen LogP contribution in [0.5, 0.6) is 0 Å². The molecule has 2 aromatic rings. The van der Waals surface area contributed by atoms with Crippen LogP contribution in [0.1, 0.15) is 37.1 Å². The molecule has 0 aliphatic carbocycles. The molecule has 2 heterocycles. The molecule has 6 heteroatoms. The summed E-state index contributed by atoms with van der Waals surface area (Å²) in [5.74, 6) is 0.542. The van der Waals surface area contributed by atoms with E-state index in [4.69, 9.17) is 4.42 Å². The van der Waals surface area contributed by atoms with Crippen molar-refractivity contribution in [2.45, 2.75) is 39.3 Å². The Morgan fingerprint density at radius 2 is 2.11 bits per heavy atom. The van der Waals surface area contributed by atoms with Crippen molar-refractivity contribution >= 4 is 31.9 Å². The van der Waals surface area contributed by atoms with Crippen LogP contribution in [0.15, 0.2) is 25.7 Å². The Morgan fingerprint density at radius 3 is 2.63 bits per heavy atom. The van der Waals surface area contributed by atoms with Gasteiger partial charge in [0.2, 0.25) is 0 Å². The molecule has 1 N–H and O–H groups in total. The molecule has 2 rings (SSSR count). The maximum absolute atomic E-state index is 10.2. The van der Waals surface area contributed by atoms with Gasteiger partial charge in [-0.05, 0) is 57.3 Å². The molecule has 0 amide bonds. The van der Waals surface area contributed by atoms with Gasteiger partial charge in [0.25, 0.3) is 0 Å². The summed E-state index contributed by atoms with van der Waals surface area (Å²) in [6, 6.07) is 3.82. The third-order valence-corrected chi connectivity index (χ3v) is 4.68. The van der Waals surface area contributed by atoms with Crippen LogP contribution in [0.2, 0.25) is 0 Å². The first-order valence-electron chi connectivity index (χ1n) is 6.23. The van der Waals surface area contributed by atoms with Crippen LogP contribution in [0.3, 0.4) is 0 Å². The van der Waals surface area contributed by atoms with Gasteiger partial charge in [0.15, 0.2) is 4.67 Å². The molecular weight excluding hydrogens is 376 g/mol. The smallest absolute Gasteiger partial charge is 0.183 e. The summed E-state index contributed by atoms with van der Waals surface area (Å²) in [6.45, 7) is 4.92. The minimum Gasteiger partial charge on any atom is -0.450 e. The van der Waals surface area contributed by atoms with E-state index in [0.29, 0.717) is 16.9 Å². The Hall–Kier alpha value is -0.590. The normalized spacial score (nSPS) is 12.9. The number of aromatic nitrogens is 2. The average molecular weight is 392 g/mol. The van der Waals surface area contributed by atoms with E-state index in [1.807, 2.05) is 17.7 Å². The number of furan rings is 1. The number of hydrogen-bond acceptors (Lipinski definition) is 3. The quantitative estimate of drug-likeness (QED) is 0.841. The molecule has 0 saturated carbocycles. The molecule has 0 aromatic carbocycles. The summed E-state index contributed by atoms with van der Waals surface area (Å²) in [7, 11) is 0. The number of aryl methyl sites for hydroxylation is 2. The monoisotopic (exact) mass is 390 g/mol. The predicted molar refractivity (Wildman–Crippen MR) is 80.1 cm³/mol. The van der Waals surface area contributed by atoms with Crippen LogP contribution in [0, 0.1) is 0 Å². The van der Waals surface area contributed by atoms with Gasteiger partial charge in [-0.1, -0.05) is 6.92 Å². The van der Waals surface area contributed by atoms with Gasteiger partial charge in [-0.3, -0.25) is 4.68 Å². The van der Waals surface area contributed by atoms with Gasteiger partial charge >= 0.3 is 0 Å². The summed E-state index contributed by atoms with van der Waals surface area (Å²) in [5.41, 5.74) is 2.07. The lowest BCUT2D eigenvalue weighted by Crippen LogP contribution is -2.08. The molecule has 0 fully saturated rings. The van der Waals surface area contributed by atoms with Gasteiger partial charge in [0, 0.05) is 18.7 Å². The molecule has 0 spiro atoms. The highest BCUT2D eigenvalue weighted by Crippen LogP contribution is 2.31. The Labute approximate surface area is 129 Å². The van der Waals surface area contributed by atoms with E-state index >= 15 is 0 Å². The summed E-state index contributed by atoms with van der Waals surface area (Å²) in [4.78, 5) is 0. The third kappa shape index (κ3) is 3.30. The first kappa shape index (κ1) is 14.8. The molecule has 1 atom stereocenters. The lowest BCUT2D eigenvalue weighted by Gasteiger charge is -2.08. The number of hydrogen-bond donors (Lipinski definition) is 1. The topological polar surface area (TPSA) is 51.2 Å². The fourth-order valence-corrected chi connectivity index (χ4v) is 2.56. The van der Waals surface area contributed by atoms with E-state index in [1.165, 1.54) is 0 Å². The molecule has 4 nitrogen and oxygen atoms in total. The molecule has 0 saturated heterocycles.